The van der Waals surface area contributed by atoms with E-state index in [1.165, 1.54) is 0 Å². The first-order chi connectivity index (χ1) is 34.4. The van der Waals surface area contributed by atoms with Crippen LogP contribution in [0, 0.1) is 11.8 Å². The molecule has 0 bridgehead atoms. The molecule has 2 spiro atoms. The van der Waals surface area contributed by atoms with E-state index in [4.69, 9.17) is 0 Å². The quantitative estimate of drug-likeness (QED) is 0.148. The Morgan fingerprint density at radius 2 is 0.652 bits per heavy atom. The van der Waals surface area contributed by atoms with E-state index in [0.29, 0.717) is 118 Å². The first-order valence-corrected chi connectivity index (χ1v) is 29.2. The predicted octanol–water partition coefficient (Wildman–Crippen LogP) is 15.1. The van der Waals surface area contributed by atoms with Crippen LogP contribution in [0.25, 0.3) is 97.3 Å². The molecule has 11 aromatic rings. The molecule has 0 saturated heterocycles. The van der Waals surface area contributed by atoms with Crippen molar-refractivity contribution in [2.45, 2.75) is 135 Å². The van der Waals surface area contributed by atoms with Crippen molar-refractivity contribution in [3.8, 4) is 11.1 Å². The van der Waals surface area contributed by atoms with Gasteiger partial charge in [-0.05, 0) is 344 Å². The first-order valence-electron chi connectivity index (χ1n) is 28.4. The number of hydrogen-bond acceptors (Lipinski definition) is 1. The molecular formula is C68H28S. The maximum atomic E-state index is 2.85. The van der Waals surface area contributed by atoms with Crippen molar-refractivity contribution >= 4 is 97.9 Å². The highest BCUT2D eigenvalue weighted by Gasteiger charge is 2.89. The smallest absolute Gasteiger partial charge is 0.0645 e. The van der Waals surface area contributed by atoms with Gasteiger partial charge in [0, 0.05) is 10.3 Å². The summed E-state index contributed by atoms with van der Waals surface area (Å²) in [5.41, 5.74) is 48.3. The minimum absolute atomic E-state index is 0.0473. The fraction of sp³-hybridized carbons (Fsp3) is 0.353. The Hall–Kier alpha value is -5.37. The van der Waals surface area contributed by atoms with Gasteiger partial charge in [-0.15, -0.1) is 11.8 Å². The second-order valence-electron chi connectivity index (χ2n) is 29.3. The molecule has 22 unspecified atom stereocenters. The fourth-order valence-corrected chi connectivity index (χ4v) is 34.4. The minimum atomic E-state index is 0.0473. The lowest BCUT2D eigenvalue weighted by atomic mass is 9.39. The van der Waals surface area contributed by atoms with Crippen LogP contribution in [0.4, 0.5) is 0 Å². The molecule has 23 aliphatic rings. The van der Waals surface area contributed by atoms with Crippen LogP contribution < -0.4 is 0 Å². The minimum Gasteiger partial charge on any atom is -0.112 e. The van der Waals surface area contributed by atoms with Crippen molar-refractivity contribution in [3.63, 3.8) is 0 Å². The summed E-state index contributed by atoms with van der Waals surface area (Å²) in [6.07, 6.45) is 1.16. The molecule has 0 amide bonds. The molecular weight excluding hydrogens is 849 g/mol. The van der Waals surface area contributed by atoms with E-state index in [0.717, 1.165) is 6.42 Å². The molecule has 0 radical (unpaired) electrons. The second-order valence-corrected chi connectivity index (χ2v) is 30.5. The normalized spacial score (nSPS) is 48.5. The van der Waals surface area contributed by atoms with Gasteiger partial charge in [-0.25, -0.2) is 0 Å². The zero-order valence-electron chi connectivity index (χ0n) is 36.9. The summed E-state index contributed by atoms with van der Waals surface area (Å²) in [7, 11) is 0. The summed E-state index contributed by atoms with van der Waals surface area (Å²) in [6.45, 7) is 2.52. The van der Waals surface area contributed by atoms with Crippen molar-refractivity contribution in [2.75, 3.05) is 0 Å². The lowest BCUT2D eigenvalue weighted by molar-refractivity contribution is 0.0341. The Morgan fingerprint density at radius 3 is 1.10 bits per heavy atom. The number of benzene rings is 10. The Labute approximate surface area is 394 Å². The molecule has 0 nitrogen and oxygen atoms in total. The lowest BCUT2D eigenvalue weighted by Gasteiger charge is -2.65. The van der Waals surface area contributed by atoms with Crippen molar-refractivity contribution < 1.29 is 0 Å². The van der Waals surface area contributed by atoms with Crippen molar-refractivity contribution in [1.82, 2.24) is 0 Å². The van der Waals surface area contributed by atoms with Gasteiger partial charge in [-0.3, -0.25) is 0 Å². The van der Waals surface area contributed by atoms with E-state index in [2.05, 4.69) is 48.0 Å². The highest BCUT2D eigenvalue weighted by Crippen LogP contribution is 3.01. The highest BCUT2D eigenvalue weighted by atomic mass is 32.2. The summed E-state index contributed by atoms with van der Waals surface area (Å²) in [5.74, 6) is 13.5. The third-order valence-electron chi connectivity index (χ3n) is 30.7. The topological polar surface area (TPSA) is 0 Å². The van der Waals surface area contributed by atoms with Gasteiger partial charge in [0.25, 0.3) is 0 Å². The molecule has 1 saturated carbocycles. The molecule has 1 fully saturated rings. The summed E-state index contributed by atoms with van der Waals surface area (Å²) >= 11 is 2.61. The van der Waals surface area contributed by atoms with E-state index >= 15 is 0 Å². The van der Waals surface area contributed by atoms with Crippen LogP contribution in [0.15, 0.2) is 23.1 Å². The fourth-order valence-electron chi connectivity index (χ4n) is 32.2. The van der Waals surface area contributed by atoms with Gasteiger partial charge < -0.3 is 0 Å². The van der Waals surface area contributed by atoms with Crippen LogP contribution in [0.3, 0.4) is 0 Å². The Kier molecular flexibility index (Phi) is 2.48. The first kappa shape index (κ1) is 27.3. The van der Waals surface area contributed by atoms with E-state index in [1.54, 1.807) is 10.5 Å². The molecule has 11 aromatic carbocycles. The van der Waals surface area contributed by atoms with E-state index < -0.39 is 0 Å². The number of thioether (sulfide) groups is 1. The molecule has 22 aliphatic carbocycles. The van der Waals surface area contributed by atoms with Crippen molar-refractivity contribution in [2.24, 2.45) is 11.8 Å². The number of rotatable bonds is 1. The Bertz CT molecular complexity index is 5440. The summed E-state index contributed by atoms with van der Waals surface area (Å²) in [5, 5.41) is 30.8. The molecule has 1 aliphatic heterocycles. The molecule has 22 atom stereocenters. The van der Waals surface area contributed by atoms with E-state index in [9.17, 15) is 0 Å². The molecule has 0 aromatic heterocycles. The van der Waals surface area contributed by atoms with Crippen LogP contribution in [0.1, 0.15) is 236 Å². The monoisotopic (exact) mass is 876 g/mol. The van der Waals surface area contributed by atoms with Gasteiger partial charge in [-0.1, -0.05) is 25.1 Å². The maximum Gasteiger partial charge on any atom is 0.0645 e. The van der Waals surface area contributed by atoms with Gasteiger partial charge in [0.15, 0.2) is 0 Å². The van der Waals surface area contributed by atoms with Gasteiger partial charge in [-0.2, -0.15) is 0 Å². The van der Waals surface area contributed by atoms with Crippen LogP contribution in [-0.4, -0.2) is 0 Å². The molecule has 0 N–H and O–H groups in total. The Balaban J connectivity index is 1.04. The lowest BCUT2D eigenvalue weighted by Crippen LogP contribution is -2.62. The number of aryl methyl sites for hydroxylation is 1. The third kappa shape index (κ3) is 1.48. The summed E-state index contributed by atoms with van der Waals surface area (Å²) < 4.78 is 0.0775. The van der Waals surface area contributed by atoms with Crippen molar-refractivity contribution in [1.29, 1.82) is 0 Å². The number of hydrogen-bond donors (Lipinski definition) is 0. The summed E-state index contributed by atoms with van der Waals surface area (Å²) in [4.78, 5) is 1.79. The second kappa shape index (κ2) is 6.28. The standard InChI is InChI=1S/C68H28S/c1-2-6-4-3-5-7-66(6)69-68-64-58-52-42-30-22-14-10-8-9-12-16(14)24(30)34-28-20(12)21-13(9)17-15-11(8)19-18(10)26-32(22)40-46-36(26)37-27(19)33-23(15)31-25(17)35-29(21)39-38(28)50(44(34)52)60(64)61-51(39)45(35)53-43(31)49-41(33)47(37)55-54(46)62(56(58)48(40)42)67(7,68)63(55)57(49)59(53)65(61)68/h3-5,10,12,14,16,18,20,26,28,36-39,47,51,55,57,59,61,63,65H,2H2,1H3. The predicted molar refractivity (Wildman–Crippen MR) is 266 cm³/mol. The molecule has 69 heavy (non-hydrogen) atoms. The average Bonchev–Trinajstić information content (AvgIpc) is 4.24. The van der Waals surface area contributed by atoms with Crippen LogP contribution in [0.5, 0.6) is 0 Å². The average molecular weight is 877 g/mol. The zero-order valence-corrected chi connectivity index (χ0v) is 37.7. The molecule has 306 valence electrons. The maximum absolute atomic E-state index is 2.85. The zero-order chi connectivity index (χ0) is 40.8. The Morgan fingerprint density at radius 1 is 0.333 bits per heavy atom. The van der Waals surface area contributed by atoms with Crippen molar-refractivity contribution in [3.05, 3.63) is 141 Å². The summed E-state index contributed by atoms with van der Waals surface area (Å²) in [6, 6.07) is 8.07. The van der Waals surface area contributed by atoms with Gasteiger partial charge in [0.2, 0.25) is 0 Å². The number of fused-ring (bicyclic) bond motifs is 1. The van der Waals surface area contributed by atoms with Gasteiger partial charge in [0.05, 0.1) is 4.75 Å². The SMILES string of the molecule is CCc1cccc2c1SC13c4c5c6c7c8c9c%10c%11c%12c%13c%14c%15c(c%16c%13c%10c7c4-%16)C21C1C%15C2c4c7c%10c%13c%15c%16c%17c%18c%19c%20c%21c%22c%23c(c4c4c%22c%19c%16c%104)C2C%14C%12C%23C%21C%11C9C%20C%18C8C6C%17C%15C5C3C%13C71. The highest BCUT2D eigenvalue weighted by molar-refractivity contribution is 8.00. The van der Waals surface area contributed by atoms with E-state index in [-0.39, 0.29) is 10.2 Å². The third-order valence-corrected chi connectivity index (χ3v) is 32.5. The van der Waals surface area contributed by atoms with Crippen LogP contribution in [0.2, 0.25) is 0 Å². The largest absolute Gasteiger partial charge is 0.112 e. The van der Waals surface area contributed by atoms with Crippen LogP contribution in [-0.2, 0) is 16.6 Å². The van der Waals surface area contributed by atoms with Gasteiger partial charge in [0.1, 0.15) is 0 Å². The van der Waals surface area contributed by atoms with E-state index in [1.807, 2.05) is 203 Å². The van der Waals surface area contributed by atoms with Gasteiger partial charge >= 0.3 is 0 Å². The molecule has 34 rings (SSSR count). The molecule has 1 heteroatoms. The van der Waals surface area contributed by atoms with Crippen LogP contribution >= 0.6 is 11.8 Å². The molecule has 1 heterocycles.